The third-order valence-corrected chi connectivity index (χ3v) is 3.22. The maximum atomic E-state index is 12.0. The molecule has 1 fully saturated rings. The predicted molar refractivity (Wildman–Crippen MR) is 72.3 cm³/mol. The van der Waals surface area contributed by atoms with Gasteiger partial charge in [-0.15, -0.1) is 12.4 Å². The van der Waals surface area contributed by atoms with Crippen LogP contribution < -0.4 is 10.6 Å². The zero-order chi connectivity index (χ0) is 13.1. The molecule has 2 heterocycles. The molecule has 6 nitrogen and oxygen atoms in total. The monoisotopic (exact) mass is 289 g/mol. The minimum atomic E-state index is -0.292. The fourth-order valence-electron chi connectivity index (χ4n) is 2.07. The zero-order valence-corrected chi connectivity index (χ0v) is 12.2. The van der Waals surface area contributed by atoms with Crippen molar-refractivity contribution in [2.75, 3.05) is 13.2 Å². The van der Waals surface area contributed by atoms with Gasteiger partial charge in [-0.05, 0) is 20.8 Å². The van der Waals surface area contributed by atoms with Gasteiger partial charge in [0.05, 0.1) is 18.4 Å². The number of hydrogen-bond acceptors (Lipinski definition) is 5. The number of nitrogens with one attached hydrogen (secondary N) is 2. The molecule has 1 aromatic rings. The Morgan fingerprint density at radius 3 is 2.84 bits per heavy atom. The highest BCUT2D eigenvalue weighted by atomic mass is 35.5. The molecule has 0 saturated carbocycles. The van der Waals surface area contributed by atoms with Crippen LogP contribution in [0.4, 0.5) is 0 Å². The summed E-state index contributed by atoms with van der Waals surface area (Å²) in [7, 11) is 0. The van der Waals surface area contributed by atoms with Crippen molar-refractivity contribution in [3.05, 3.63) is 17.0 Å². The normalized spacial score (nSPS) is 22.7. The number of aryl methyl sites for hydroxylation is 2. The minimum Gasteiger partial charge on any atom is -0.375 e. The summed E-state index contributed by atoms with van der Waals surface area (Å²) in [6, 6.07) is -0.292. The van der Waals surface area contributed by atoms with E-state index in [4.69, 9.17) is 9.26 Å². The molecule has 1 saturated heterocycles. The average molecular weight is 290 g/mol. The number of amides is 1. The number of rotatable bonds is 3. The van der Waals surface area contributed by atoms with E-state index in [1.54, 1.807) is 0 Å². The molecule has 108 valence electrons. The van der Waals surface area contributed by atoms with E-state index in [0.717, 1.165) is 17.0 Å². The molecule has 0 bridgehead atoms. The summed E-state index contributed by atoms with van der Waals surface area (Å²) in [5, 5.41) is 9.89. The van der Waals surface area contributed by atoms with Crippen molar-refractivity contribution < 1.29 is 14.1 Å². The van der Waals surface area contributed by atoms with Crippen molar-refractivity contribution in [2.24, 2.45) is 0 Å². The van der Waals surface area contributed by atoms with Crippen LogP contribution in [-0.4, -0.2) is 36.4 Å². The van der Waals surface area contributed by atoms with Gasteiger partial charge in [-0.25, -0.2) is 0 Å². The van der Waals surface area contributed by atoms with Gasteiger partial charge in [-0.3, -0.25) is 4.79 Å². The smallest absolute Gasteiger partial charge is 0.240 e. The zero-order valence-electron chi connectivity index (χ0n) is 11.4. The minimum absolute atomic E-state index is 0. The molecule has 0 radical (unpaired) electrons. The molecule has 1 aliphatic heterocycles. The molecule has 2 atom stereocenters. The number of ether oxygens (including phenoxy) is 1. The van der Waals surface area contributed by atoms with Gasteiger partial charge in [0.15, 0.2) is 0 Å². The first-order valence-electron chi connectivity index (χ1n) is 6.14. The Bertz CT molecular complexity index is 416. The van der Waals surface area contributed by atoms with Gasteiger partial charge in [0, 0.05) is 18.7 Å². The first-order chi connectivity index (χ1) is 8.59. The van der Waals surface area contributed by atoms with E-state index in [1.165, 1.54) is 0 Å². The van der Waals surface area contributed by atoms with E-state index >= 15 is 0 Å². The summed E-state index contributed by atoms with van der Waals surface area (Å²) in [5.74, 6) is 0.691. The number of morpholine rings is 1. The molecule has 7 heteroatoms. The van der Waals surface area contributed by atoms with Gasteiger partial charge < -0.3 is 19.9 Å². The van der Waals surface area contributed by atoms with Gasteiger partial charge in [0.2, 0.25) is 5.91 Å². The van der Waals surface area contributed by atoms with E-state index in [-0.39, 0.29) is 30.5 Å². The van der Waals surface area contributed by atoms with Crippen LogP contribution in [0, 0.1) is 13.8 Å². The largest absolute Gasteiger partial charge is 0.375 e. The van der Waals surface area contributed by atoms with Gasteiger partial charge >= 0.3 is 0 Å². The molecule has 0 unspecified atom stereocenters. The third kappa shape index (κ3) is 3.68. The molecule has 1 aromatic heterocycles. The highest BCUT2D eigenvalue weighted by molar-refractivity contribution is 5.85. The molecule has 1 aliphatic rings. The Morgan fingerprint density at radius 2 is 2.26 bits per heavy atom. The number of carbonyl (C=O) groups excluding carboxylic acids is 1. The van der Waals surface area contributed by atoms with Crippen LogP contribution in [-0.2, 0) is 16.1 Å². The summed E-state index contributed by atoms with van der Waals surface area (Å²) in [6.45, 7) is 7.38. The van der Waals surface area contributed by atoms with E-state index in [9.17, 15) is 4.79 Å². The molecule has 2 rings (SSSR count). The lowest BCUT2D eigenvalue weighted by molar-refractivity contribution is -0.129. The van der Waals surface area contributed by atoms with Gasteiger partial charge in [0.1, 0.15) is 11.8 Å². The molecule has 0 spiro atoms. The van der Waals surface area contributed by atoms with Gasteiger partial charge in [-0.1, -0.05) is 5.16 Å². The summed E-state index contributed by atoms with van der Waals surface area (Å²) in [6.07, 6.45) is -0.108. The summed E-state index contributed by atoms with van der Waals surface area (Å²) < 4.78 is 10.5. The second-order valence-corrected chi connectivity index (χ2v) is 4.53. The fourth-order valence-corrected chi connectivity index (χ4v) is 2.07. The maximum absolute atomic E-state index is 12.0. The quantitative estimate of drug-likeness (QED) is 0.857. The fraction of sp³-hybridized carbons (Fsp3) is 0.667. The molecule has 0 aliphatic carbocycles. The van der Waals surface area contributed by atoms with E-state index < -0.39 is 0 Å². The lowest BCUT2D eigenvalue weighted by Gasteiger charge is -2.29. The predicted octanol–water partition coefficient (Wildman–Crippen LogP) is 0.706. The Hall–Kier alpha value is -1.11. The highest BCUT2D eigenvalue weighted by Crippen LogP contribution is 2.12. The second kappa shape index (κ2) is 6.88. The van der Waals surface area contributed by atoms with E-state index in [0.29, 0.717) is 19.7 Å². The molecule has 2 N–H and O–H groups in total. The third-order valence-electron chi connectivity index (χ3n) is 3.22. The Balaban J connectivity index is 0.00000180. The first-order valence-corrected chi connectivity index (χ1v) is 6.14. The summed E-state index contributed by atoms with van der Waals surface area (Å²) in [4.78, 5) is 12.0. The highest BCUT2D eigenvalue weighted by Gasteiger charge is 2.28. The average Bonchev–Trinajstić information content (AvgIpc) is 2.67. The first kappa shape index (κ1) is 15.9. The van der Waals surface area contributed by atoms with Crippen LogP contribution in [0.3, 0.4) is 0 Å². The number of carbonyl (C=O) groups is 1. The van der Waals surface area contributed by atoms with Crippen molar-refractivity contribution in [3.8, 4) is 0 Å². The molecular formula is C12H20ClN3O3. The topological polar surface area (TPSA) is 76.4 Å². The Morgan fingerprint density at radius 1 is 1.53 bits per heavy atom. The number of hydrogen-bond donors (Lipinski definition) is 2. The van der Waals surface area contributed by atoms with Gasteiger partial charge in [-0.2, -0.15) is 0 Å². The van der Waals surface area contributed by atoms with Crippen LogP contribution in [0.25, 0.3) is 0 Å². The second-order valence-electron chi connectivity index (χ2n) is 4.53. The van der Waals surface area contributed by atoms with Crippen LogP contribution >= 0.6 is 12.4 Å². The lowest BCUT2D eigenvalue weighted by Crippen LogP contribution is -2.55. The van der Waals surface area contributed by atoms with Gasteiger partial charge in [0.25, 0.3) is 0 Å². The number of nitrogens with zero attached hydrogens (tertiary/aromatic N) is 1. The maximum Gasteiger partial charge on any atom is 0.240 e. The van der Waals surface area contributed by atoms with Crippen molar-refractivity contribution in [1.29, 1.82) is 0 Å². The molecular weight excluding hydrogens is 270 g/mol. The lowest BCUT2D eigenvalue weighted by atomic mass is 10.1. The Labute approximate surface area is 118 Å². The van der Waals surface area contributed by atoms with Crippen molar-refractivity contribution in [2.45, 2.75) is 39.5 Å². The van der Waals surface area contributed by atoms with Crippen molar-refractivity contribution >= 4 is 18.3 Å². The molecule has 0 aromatic carbocycles. The Kier molecular flexibility index (Phi) is 5.78. The van der Waals surface area contributed by atoms with E-state index in [1.807, 2.05) is 20.8 Å². The number of halogens is 1. The summed E-state index contributed by atoms with van der Waals surface area (Å²) >= 11 is 0. The SMILES string of the molecule is Cc1noc(C)c1CNC(=O)[C@H]1NCCO[C@@H]1C.Cl. The number of aromatic nitrogens is 1. The van der Waals surface area contributed by atoms with Crippen molar-refractivity contribution in [3.63, 3.8) is 0 Å². The summed E-state index contributed by atoms with van der Waals surface area (Å²) in [5.41, 5.74) is 1.75. The van der Waals surface area contributed by atoms with Crippen molar-refractivity contribution in [1.82, 2.24) is 15.8 Å². The van der Waals surface area contributed by atoms with E-state index in [2.05, 4.69) is 15.8 Å². The van der Waals surface area contributed by atoms with Crippen LogP contribution in [0.5, 0.6) is 0 Å². The molecule has 1 amide bonds. The van der Waals surface area contributed by atoms with Crippen LogP contribution in [0.2, 0.25) is 0 Å². The van der Waals surface area contributed by atoms with Crippen LogP contribution in [0.15, 0.2) is 4.52 Å². The van der Waals surface area contributed by atoms with Crippen LogP contribution in [0.1, 0.15) is 23.9 Å². The standard InChI is InChI=1S/C12H19N3O3.ClH/c1-7-10(8(2)18-15-7)6-14-12(16)11-9(3)17-5-4-13-11;/h9,11,13H,4-6H2,1-3H3,(H,14,16);1H/t9-,11+;/m1./s1. The molecule has 19 heavy (non-hydrogen) atoms.